The van der Waals surface area contributed by atoms with Crippen molar-refractivity contribution >= 4 is 17.8 Å². The van der Waals surface area contributed by atoms with Gasteiger partial charge in [-0.1, -0.05) is 38.1 Å². The first-order valence-electron chi connectivity index (χ1n) is 12.3. The van der Waals surface area contributed by atoms with Crippen LogP contribution < -0.4 is 5.32 Å². The molecule has 7 nitrogen and oxygen atoms in total. The first kappa shape index (κ1) is 28.1. The van der Waals surface area contributed by atoms with Gasteiger partial charge in [0.1, 0.15) is 6.04 Å². The molecule has 1 unspecified atom stereocenters. The first-order chi connectivity index (χ1) is 17.4. The highest BCUT2D eigenvalue weighted by molar-refractivity contribution is 5.88. The van der Waals surface area contributed by atoms with E-state index >= 15 is 0 Å². The van der Waals surface area contributed by atoms with Gasteiger partial charge >= 0.3 is 12.1 Å². The number of benzene rings is 1. The number of aryl methyl sites for hydroxylation is 1. The van der Waals surface area contributed by atoms with Crippen LogP contribution in [0.3, 0.4) is 0 Å². The van der Waals surface area contributed by atoms with Crippen LogP contribution in [0.15, 0.2) is 36.5 Å². The molecule has 0 bridgehead atoms. The molecule has 0 saturated carbocycles. The molecular formula is C27H32F3N3O4. The number of carbonyl (C=O) groups excluding carboxylic acids is 2. The third-order valence-corrected chi connectivity index (χ3v) is 6.44. The molecule has 3 rings (SSSR count). The average molecular weight is 520 g/mol. The monoisotopic (exact) mass is 519 g/mol. The van der Waals surface area contributed by atoms with Gasteiger partial charge in [0.15, 0.2) is 5.69 Å². The predicted molar refractivity (Wildman–Crippen MR) is 131 cm³/mol. The number of amides is 2. The summed E-state index contributed by atoms with van der Waals surface area (Å²) in [5, 5.41) is 12.2. The molecule has 0 spiro atoms. The summed E-state index contributed by atoms with van der Waals surface area (Å²) in [4.78, 5) is 42.9. The Balaban J connectivity index is 2.02. The lowest BCUT2D eigenvalue weighted by Crippen LogP contribution is -2.52. The molecule has 2 aromatic rings. The van der Waals surface area contributed by atoms with Crippen LogP contribution in [0.2, 0.25) is 0 Å². The number of likely N-dealkylation sites (tertiary alicyclic amines) is 1. The summed E-state index contributed by atoms with van der Waals surface area (Å²) in [5.74, 6) is -1.84. The van der Waals surface area contributed by atoms with Gasteiger partial charge in [0.2, 0.25) is 11.8 Å². The van der Waals surface area contributed by atoms with Crippen molar-refractivity contribution in [1.82, 2.24) is 15.2 Å². The summed E-state index contributed by atoms with van der Waals surface area (Å²) < 4.78 is 41.5. The van der Waals surface area contributed by atoms with Gasteiger partial charge in [0.25, 0.3) is 0 Å². The summed E-state index contributed by atoms with van der Waals surface area (Å²) in [6.45, 7) is 5.92. The SMILES string of the molecule is Cc1ccccc1-c1cc([C@H](CC(=O)O)NC(=O)C(CC(C)C)N2CCCCC2=O)cnc1C(F)(F)F. The molecule has 0 radical (unpaired) electrons. The maximum Gasteiger partial charge on any atom is 0.433 e. The molecule has 1 saturated heterocycles. The number of aromatic nitrogens is 1. The molecule has 1 aliphatic rings. The highest BCUT2D eigenvalue weighted by atomic mass is 19.4. The Morgan fingerprint density at radius 2 is 1.86 bits per heavy atom. The van der Waals surface area contributed by atoms with E-state index in [1.54, 1.807) is 25.1 Å². The Morgan fingerprint density at radius 1 is 1.16 bits per heavy atom. The molecule has 1 aromatic heterocycles. The maximum absolute atomic E-state index is 13.8. The van der Waals surface area contributed by atoms with Gasteiger partial charge in [-0.3, -0.25) is 19.4 Å². The minimum atomic E-state index is -4.74. The van der Waals surface area contributed by atoms with E-state index < -0.39 is 42.3 Å². The van der Waals surface area contributed by atoms with E-state index in [1.807, 2.05) is 13.8 Å². The minimum Gasteiger partial charge on any atom is -0.481 e. The zero-order chi connectivity index (χ0) is 27.3. The fourth-order valence-electron chi connectivity index (χ4n) is 4.65. The summed E-state index contributed by atoms with van der Waals surface area (Å²) in [6, 6.07) is 5.82. The first-order valence-corrected chi connectivity index (χ1v) is 12.3. The lowest BCUT2D eigenvalue weighted by atomic mass is 9.94. The molecule has 2 amide bonds. The van der Waals surface area contributed by atoms with Crippen molar-refractivity contribution in [2.45, 2.75) is 71.1 Å². The molecule has 2 N–H and O–H groups in total. The van der Waals surface area contributed by atoms with Crippen molar-refractivity contribution in [3.63, 3.8) is 0 Å². The zero-order valence-corrected chi connectivity index (χ0v) is 21.1. The van der Waals surface area contributed by atoms with Crippen LogP contribution in [0.25, 0.3) is 11.1 Å². The molecule has 10 heteroatoms. The van der Waals surface area contributed by atoms with E-state index in [1.165, 1.54) is 17.0 Å². The predicted octanol–water partition coefficient (Wildman–Crippen LogP) is 5.14. The van der Waals surface area contributed by atoms with Crippen LogP contribution in [-0.2, 0) is 20.6 Å². The fourth-order valence-corrected chi connectivity index (χ4v) is 4.65. The summed E-state index contributed by atoms with van der Waals surface area (Å²) in [6.07, 6.45) is -2.13. The largest absolute Gasteiger partial charge is 0.481 e. The molecule has 2 atom stereocenters. The number of aliphatic carboxylic acids is 1. The van der Waals surface area contributed by atoms with Crippen LogP contribution in [-0.4, -0.2) is 45.4 Å². The standard InChI is InChI=1S/C27H32F3N3O4/c1-16(2)12-22(33-11-7-6-10-23(33)34)26(37)32-21(14-24(35)36)18-13-20(19-9-5-4-8-17(19)3)25(31-15-18)27(28,29)30/h4-5,8-9,13,15-16,21-22H,6-7,10-12,14H2,1-3H3,(H,32,37)(H,35,36)/t21-,22?/m0/s1. The number of hydrogen-bond donors (Lipinski definition) is 2. The van der Waals surface area contributed by atoms with Crippen molar-refractivity contribution in [2.75, 3.05) is 6.54 Å². The van der Waals surface area contributed by atoms with Gasteiger partial charge in [-0.15, -0.1) is 0 Å². The van der Waals surface area contributed by atoms with E-state index in [0.717, 1.165) is 19.0 Å². The van der Waals surface area contributed by atoms with Gasteiger partial charge in [0.05, 0.1) is 12.5 Å². The molecule has 1 aromatic carbocycles. The lowest BCUT2D eigenvalue weighted by molar-refractivity contribution is -0.144. The number of pyridine rings is 1. The number of carbonyl (C=O) groups is 3. The van der Waals surface area contributed by atoms with E-state index in [2.05, 4.69) is 10.3 Å². The van der Waals surface area contributed by atoms with Crippen LogP contribution in [0, 0.1) is 12.8 Å². The summed E-state index contributed by atoms with van der Waals surface area (Å²) >= 11 is 0. The molecule has 200 valence electrons. The molecular weight excluding hydrogens is 487 g/mol. The van der Waals surface area contributed by atoms with Gasteiger partial charge in [-0.2, -0.15) is 13.2 Å². The number of carboxylic acids is 1. The van der Waals surface area contributed by atoms with Crippen LogP contribution in [0.1, 0.15) is 68.8 Å². The highest BCUT2D eigenvalue weighted by Crippen LogP contribution is 2.38. The molecule has 1 fully saturated rings. The third-order valence-electron chi connectivity index (χ3n) is 6.44. The normalized spacial score (nSPS) is 16.0. The van der Waals surface area contributed by atoms with Gasteiger partial charge in [-0.25, -0.2) is 0 Å². The Bertz CT molecular complexity index is 1150. The van der Waals surface area contributed by atoms with Crippen LogP contribution >= 0.6 is 0 Å². The van der Waals surface area contributed by atoms with Crippen molar-refractivity contribution < 1.29 is 32.7 Å². The second kappa shape index (κ2) is 11.7. The van der Waals surface area contributed by atoms with E-state index in [0.29, 0.717) is 30.5 Å². The molecule has 37 heavy (non-hydrogen) atoms. The zero-order valence-electron chi connectivity index (χ0n) is 21.1. The van der Waals surface area contributed by atoms with E-state index in [9.17, 15) is 32.7 Å². The number of rotatable bonds is 9. The van der Waals surface area contributed by atoms with Crippen molar-refractivity contribution in [3.05, 3.63) is 53.3 Å². The van der Waals surface area contributed by atoms with Crippen molar-refractivity contribution in [1.29, 1.82) is 0 Å². The van der Waals surface area contributed by atoms with Crippen LogP contribution in [0.5, 0.6) is 0 Å². The Labute approximate surface area is 214 Å². The smallest absolute Gasteiger partial charge is 0.433 e. The number of nitrogens with zero attached hydrogens (tertiary/aromatic N) is 2. The van der Waals surface area contributed by atoms with Crippen LogP contribution in [0.4, 0.5) is 13.2 Å². The Kier molecular flexibility index (Phi) is 8.94. The maximum atomic E-state index is 13.8. The second-order valence-electron chi connectivity index (χ2n) is 9.83. The fraction of sp³-hybridized carbons (Fsp3) is 0.481. The number of hydrogen-bond acceptors (Lipinski definition) is 4. The second-order valence-corrected chi connectivity index (χ2v) is 9.83. The minimum absolute atomic E-state index is 0.0730. The Morgan fingerprint density at radius 3 is 2.46 bits per heavy atom. The number of halogens is 3. The number of piperidine rings is 1. The van der Waals surface area contributed by atoms with E-state index in [-0.39, 0.29) is 23.0 Å². The third kappa shape index (κ3) is 7.08. The van der Waals surface area contributed by atoms with E-state index in [4.69, 9.17) is 0 Å². The summed E-state index contributed by atoms with van der Waals surface area (Å²) in [7, 11) is 0. The quantitative estimate of drug-likeness (QED) is 0.478. The van der Waals surface area contributed by atoms with Gasteiger partial charge < -0.3 is 15.3 Å². The number of carboxylic acid groups (broad SMARTS) is 1. The van der Waals surface area contributed by atoms with Crippen molar-refractivity contribution in [2.24, 2.45) is 5.92 Å². The summed E-state index contributed by atoms with van der Waals surface area (Å²) in [5.41, 5.74) is -0.261. The van der Waals surface area contributed by atoms with Gasteiger partial charge in [0, 0.05) is 24.7 Å². The van der Waals surface area contributed by atoms with Crippen molar-refractivity contribution in [3.8, 4) is 11.1 Å². The average Bonchev–Trinajstić information content (AvgIpc) is 2.81. The van der Waals surface area contributed by atoms with Gasteiger partial charge in [-0.05, 0) is 54.9 Å². The number of nitrogens with one attached hydrogen (secondary N) is 1. The highest BCUT2D eigenvalue weighted by Gasteiger charge is 2.37. The Hall–Kier alpha value is -3.43. The molecule has 1 aliphatic heterocycles. The molecule has 0 aliphatic carbocycles. The number of alkyl halides is 3. The molecule has 2 heterocycles. The topological polar surface area (TPSA) is 99.6 Å². The lowest BCUT2D eigenvalue weighted by Gasteiger charge is -2.35.